The summed E-state index contributed by atoms with van der Waals surface area (Å²) in [5.74, 6) is -4.24. The molecule has 1 aliphatic heterocycles. The zero-order valence-electron chi connectivity index (χ0n) is 17.4. The van der Waals surface area contributed by atoms with Crippen molar-refractivity contribution in [3.63, 3.8) is 0 Å². The molecule has 0 aliphatic carbocycles. The maximum atomic E-state index is 14.7. The van der Waals surface area contributed by atoms with Crippen LogP contribution < -0.4 is 9.80 Å². The average molecular weight is 571 g/mol. The van der Waals surface area contributed by atoms with Crippen molar-refractivity contribution in [2.75, 3.05) is 36.1 Å². The molecule has 1 saturated heterocycles. The number of aromatic nitrogens is 1. The Hall–Kier alpha value is -2.59. The van der Waals surface area contributed by atoms with Crippen LogP contribution in [0.4, 0.5) is 20.3 Å². The molecule has 1 aliphatic rings. The average Bonchev–Trinajstić information content (AvgIpc) is 2.80. The second-order valence-electron chi connectivity index (χ2n) is 7.23. The fraction of sp³-hybridized carbons (Fsp3) is 0.174. The van der Waals surface area contributed by atoms with Crippen LogP contribution in [0.5, 0.6) is 0 Å². The van der Waals surface area contributed by atoms with Gasteiger partial charge in [-0.05, 0) is 46.3 Å². The number of carbonyl (C=O) groups is 2. The van der Waals surface area contributed by atoms with E-state index in [1.165, 1.54) is 30.5 Å². The number of nitrogens with zero attached hydrogens (tertiary/aromatic N) is 3. The smallest absolute Gasteiger partial charge is 0.271 e. The molecular weight excluding hydrogens is 555 g/mol. The van der Waals surface area contributed by atoms with E-state index in [2.05, 4.69) is 20.9 Å². The molecule has 4 rings (SSSR count). The zero-order valence-corrected chi connectivity index (χ0v) is 20.5. The molecule has 2 heterocycles. The van der Waals surface area contributed by atoms with E-state index in [0.29, 0.717) is 41.4 Å². The maximum absolute atomic E-state index is 14.7. The van der Waals surface area contributed by atoms with Crippen molar-refractivity contribution in [3.05, 3.63) is 85.9 Å². The number of carbonyl (C=O) groups excluding carboxylic acids is 2. The van der Waals surface area contributed by atoms with Crippen LogP contribution in [0.25, 0.3) is 0 Å². The lowest BCUT2D eigenvalue weighted by Crippen LogP contribution is -2.42. The van der Waals surface area contributed by atoms with Crippen LogP contribution in [0.1, 0.15) is 20.7 Å². The van der Waals surface area contributed by atoms with E-state index < -0.39 is 34.6 Å². The highest BCUT2D eigenvalue weighted by Crippen LogP contribution is 2.35. The van der Waals surface area contributed by atoms with Gasteiger partial charge < -0.3 is 9.64 Å². The monoisotopic (exact) mass is 569 g/mol. The van der Waals surface area contributed by atoms with Crippen LogP contribution in [0.15, 0.2) is 53.1 Å². The van der Waals surface area contributed by atoms with E-state index in [1.807, 2.05) is 4.90 Å². The van der Waals surface area contributed by atoms with Gasteiger partial charge in [0.05, 0.1) is 40.1 Å². The SMILES string of the molecule is O=C(c1c(F)cccc1Cl)N(C(=O)c1c(F)cccc1Cl)c1ncc(Br)cc1N1CCOCC1. The van der Waals surface area contributed by atoms with Crippen molar-refractivity contribution in [1.29, 1.82) is 0 Å². The number of benzene rings is 2. The van der Waals surface area contributed by atoms with Gasteiger partial charge in [-0.25, -0.2) is 18.7 Å². The molecule has 2 amide bonds. The summed E-state index contributed by atoms with van der Waals surface area (Å²) in [5, 5.41) is -0.431. The Labute approximate surface area is 212 Å². The molecule has 2 aromatic carbocycles. The Kier molecular flexibility index (Phi) is 7.47. The van der Waals surface area contributed by atoms with E-state index in [4.69, 9.17) is 27.9 Å². The molecule has 0 unspecified atom stereocenters. The van der Waals surface area contributed by atoms with Gasteiger partial charge in [0.25, 0.3) is 11.8 Å². The van der Waals surface area contributed by atoms with Crippen molar-refractivity contribution in [1.82, 2.24) is 4.98 Å². The summed E-state index contributed by atoms with van der Waals surface area (Å²) < 4.78 is 35.4. The molecule has 11 heteroatoms. The Bertz CT molecular complexity index is 1170. The van der Waals surface area contributed by atoms with E-state index >= 15 is 0 Å². The topological polar surface area (TPSA) is 62.7 Å². The third kappa shape index (κ3) is 4.79. The number of imide groups is 1. The van der Waals surface area contributed by atoms with Gasteiger partial charge in [-0.3, -0.25) is 9.59 Å². The molecule has 0 saturated carbocycles. The molecule has 1 fully saturated rings. The molecular formula is C23H16BrCl2F2N3O3. The van der Waals surface area contributed by atoms with Crippen molar-refractivity contribution in [2.45, 2.75) is 0 Å². The summed E-state index contributed by atoms with van der Waals surface area (Å²) in [5.41, 5.74) is -0.718. The number of hydrogen-bond acceptors (Lipinski definition) is 5. The Morgan fingerprint density at radius 3 is 2.00 bits per heavy atom. The molecule has 34 heavy (non-hydrogen) atoms. The van der Waals surface area contributed by atoms with Crippen LogP contribution in [0.2, 0.25) is 10.0 Å². The first kappa shape index (κ1) is 24.5. The van der Waals surface area contributed by atoms with Crippen LogP contribution in [0.3, 0.4) is 0 Å². The van der Waals surface area contributed by atoms with Crippen LogP contribution in [-0.4, -0.2) is 43.1 Å². The summed E-state index contributed by atoms with van der Waals surface area (Å²) in [6.45, 7) is 1.71. The van der Waals surface area contributed by atoms with Crippen LogP contribution >= 0.6 is 39.1 Å². The van der Waals surface area contributed by atoms with Gasteiger partial charge in [-0.2, -0.15) is 0 Å². The first-order valence-corrected chi connectivity index (χ1v) is 11.6. The Morgan fingerprint density at radius 2 is 1.50 bits per heavy atom. The number of rotatable bonds is 4. The molecule has 3 aromatic rings. The Balaban J connectivity index is 1.94. The third-order valence-electron chi connectivity index (χ3n) is 5.14. The van der Waals surface area contributed by atoms with E-state index in [-0.39, 0.29) is 15.9 Å². The van der Waals surface area contributed by atoms with Gasteiger partial charge in [-0.1, -0.05) is 35.3 Å². The van der Waals surface area contributed by atoms with E-state index in [0.717, 1.165) is 12.1 Å². The summed E-state index contributed by atoms with van der Waals surface area (Å²) in [7, 11) is 0. The van der Waals surface area contributed by atoms with Gasteiger partial charge in [0, 0.05) is 23.8 Å². The largest absolute Gasteiger partial charge is 0.378 e. The highest BCUT2D eigenvalue weighted by atomic mass is 79.9. The number of ether oxygens (including phenoxy) is 1. The minimum absolute atomic E-state index is 0.126. The summed E-state index contributed by atoms with van der Waals surface area (Å²) >= 11 is 15.6. The lowest BCUT2D eigenvalue weighted by atomic mass is 10.1. The fourth-order valence-corrected chi connectivity index (χ4v) is 4.35. The van der Waals surface area contributed by atoms with Crippen molar-refractivity contribution in [3.8, 4) is 0 Å². The number of amides is 2. The van der Waals surface area contributed by atoms with Gasteiger partial charge in [0.15, 0.2) is 5.82 Å². The molecule has 0 N–H and O–H groups in total. The van der Waals surface area contributed by atoms with Gasteiger partial charge >= 0.3 is 0 Å². The Morgan fingerprint density at radius 1 is 0.971 bits per heavy atom. The van der Waals surface area contributed by atoms with Crippen LogP contribution in [-0.2, 0) is 4.74 Å². The highest BCUT2D eigenvalue weighted by molar-refractivity contribution is 9.10. The highest BCUT2D eigenvalue weighted by Gasteiger charge is 2.35. The molecule has 0 spiro atoms. The van der Waals surface area contributed by atoms with E-state index in [1.54, 1.807) is 6.07 Å². The van der Waals surface area contributed by atoms with Gasteiger partial charge in [0.2, 0.25) is 0 Å². The van der Waals surface area contributed by atoms with Crippen molar-refractivity contribution in [2.24, 2.45) is 0 Å². The minimum Gasteiger partial charge on any atom is -0.378 e. The predicted molar refractivity (Wildman–Crippen MR) is 129 cm³/mol. The molecule has 1 aromatic heterocycles. The quantitative estimate of drug-likeness (QED) is 0.374. The predicted octanol–water partition coefficient (Wildman–Crippen LogP) is 5.75. The first-order chi connectivity index (χ1) is 16.3. The summed E-state index contributed by atoms with van der Waals surface area (Å²) in [4.78, 5) is 34.1. The number of pyridine rings is 1. The first-order valence-electron chi connectivity index (χ1n) is 10.0. The summed E-state index contributed by atoms with van der Waals surface area (Å²) in [6.07, 6.45) is 1.37. The van der Waals surface area contributed by atoms with Gasteiger partial charge in [-0.15, -0.1) is 0 Å². The fourth-order valence-electron chi connectivity index (χ4n) is 3.54. The molecule has 6 nitrogen and oxygen atoms in total. The second kappa shape index (κ2) is 10.4. The molecule has 0 atom stereocenters. The molecule has 176 valence electrons. The van der Waals surface area contributed by atoms with E-state index in [9.17, 15) is 18.4 Å². The van der Waals surface area contributed by atoms with Gasteiger partial charge in [0.1, 0.15) is 11.6 Å². The van der Waals surface area contributed by atoms with Crippen LogP contribution in [0, 0.1) is 11.6 Å². The normalized spacial score (nSPS) is 13.6. The summed E-state index contributed by atoms with van der Waals surface area (Å²) in [6, 6.07) is 9.01. The standard InChI is InChI=1S/C23H16BrCl2F2N3O3/c24-13-11-18(30-7-9-34-10-8-30)21(29-12-13)31(22(32)19-14(25)3-1-5-16(19)27)23(33)20-15(26)4-2-6-17(20)28/h1-6,11-12H,7-10H2. The molecule has 0 radical (unpaired) electrons. The number of anilines is 2. The molecule has 0 bridgehead atoms. The number of halogens is 5. The number of hydrogen-bond donors (Lipinski definition) is 0. The number of morpholine rings is 1. The van der Waals surface area contributed by atoms with Crippen molar-refractivity contribution < 1.29 is 23.1 Å². The lowest BCUT2D eigenvalue weighted by Gasteiger charge is -2.32. The second-order valence-corrected chi connectivity index (χ2v) is 8.96. The lowest BCUT2D eigenvalue weighted by molar-refractivity contribution is 0.0892. The zero-order chi connectivity index (χ0) is 24.4. The maximum Gasteiger partial charge on any atom is 0.271 e. The third-order valence-corrected chi connectivity index (χ3v) is 6.20. The minimum atomic E-state index is -1.11. The van der Waals surface area contributed by atoms with Crippen molar-refractivity contribution >= 4 is 62.5 Å².